The minimum absolute atomic E-state index is 0.0673. The molecule has 0 amide bonds. The first-order valence-corrected chi connectivity index (χ1v) is 6.68. The molecule has 1 aromatic rings. The molecule has 0 aliphatic carbocycles. The third kappa shape index (κ3) is 4.69. The van der Waals surface area contributed by atoms with Crippen LogP contribution in [0.2, 0.25) is 0 Å². The van der Waals surface area contributed by atoms with Crippen molar-refractivity contribution < 1.29 is 14.3 Å². The van der Waals surface area contributed by atoms with E-state index in [1.807, 2.05) is 40.7 Å². The van der Waals surface area contributed by atoms with E-state index < -0.39 is 5.60 Å². The van der Waals surface area contributed by atoms with Crippen molar-refractivity contribution in [3.8, 4) is 5.75 Å². The summed E-state index contributed by atoms with van der Waals surface area (Å²) >= 11 is 3.35. The van der Waals surface area contributed by atoms with Gasteiger partial charge < -0.3 is 9.47 Å². The molecule has 0 heterocycles. The molecule has 3 nitrogen and oxygen atoms in total. The number of ether oxygens (including phenoxy) is 2. The van der Waals surface area contributed by atoms with E-state index in [1.54, 1.807) is 12.1 Å². The van der Waals surface area contributed by atoms with Crippen LogP contribution in [0.3, 0.4) is 0 Å². The molecule has 0 aliphatic rings. The van der Waals surface area contributed by atoms with Crippen LogP contribution in [0.25, 0.3) is 0 Å². The number of rotatable bonds is 3. The van der Waals surface area contributed by atoms with Gasteiger partial charge in [0, 0.05) is 4.47 Å². The highest BCUT2D eigenvalue weighted by Crippen LogP contribution is 2.25. The van der Waals surface area contributed by atoms with E-state index in [2.05, 4.69) is 15.9 Å². The fourth-order valence-electron chi connectivity index (χ4n) is 1.34. The zero-order valence-electron chi connectivity index (χ0n) is 11.4. The molecule has 100 valence electrons. The topological polar surface area (TPSA) is 35.5 Å². The minimum Gasteiger partial charge on any atom is -0.491 e. The molecular weight excluding hydrogens is 296 g/mol. The summed E-state index contributed by atoms with van der Waals surface area (Å²) in [7, 11) is 0. The highest BCUT2D eigenvalue weighted by molar-refractivity contribution is 9.10. The number of carbonyl (C=O) groups is 1. The largest absolute Gasteiger partial charge is 0.491 e. The summed E-state index contributed by atoms with van der Waals surface area (Å²) in [6.07, 6.45) is 0.0673. The number of benzene rings is 1. The van der Waals surface area contributed by atoms with Gasteiger partial charge in [0.05, 0.1) is 11.7 Å². The first-order chi connectivity index (χ1) is 8.19. The Morgan fingerprint density at radius 1 is 1.28 bits per heavy atom. The van der Waals surface area contributed by atoms with Gasteiger partial charge in [0.25, 0.3) is 0 Å². The average molecular weight is 315 g/mol. The molecule has 1 rings (SSSR count). The van der Waals surface area contributed by atoms with Gasteiger partial charge in [-0.1, -0.05) is 0 Å². The Balaban J connectivity index is 2.97. The van der Waals surface area contributed by atoms with Crippen molar-refractivity contribution >= 4 is 21.9 Å². The molecule has 0 spiro atoms. The first-order valence-electron chi connectivity index (χ1n) is 5.88. The lowest BCUT2D eigenvalue weighted by Gasteiger charge is -2.20. The second-order valence-electron chi connectivity index (χ2n) is 5.31. The molecular formula is C14H19BrO3. The molecule has 18 heavy (non-hydrogen) atoms. The highest BCUT2D eigenvalue weighted by Gasteiger charge is 2.20. The maximum Gasteiger partial charge on any atom is 0.339 e. The van der Waals surface area contributed by atoms with Crippen LogP contribution in [-0.4, -0.2) is 17.7 Å². The minimum atomic E-state index is -0.508. The van der Waals surface area contributed by atoms with Crippen molar-refractivity contribution in [2.45, 2.75) is 46.3 Å². The Morgan fingerprint density at radius 2 is 1.89 bits per heavy atom. The van der Waals surface area contributed by atoms with Gasteiger partial charge in [-0.2, -0.15) is 0 Å². The van der Waals surface area contributed by atoms with Crippen LogP contribution in [0, 0.1) is 0 Å². The Hall–Kier alpha value is -1.03. The standard InChI is InChI=1S/C14H19BrO3/c1-9(2)17-10-6-7-12(15)11(8-10)13(16)18-14(3,4)5/h6-9H,1-5H3. The fourth-order valence-corrected chi connectivity index (χ4v) is 1.75. The molecule has 0 atom stereocenters. The first kappa shape index (κ1) is 15.0. The maximum absolute atomic E-state index is 12.0. The summed E-state index contributed by atoms with van der Waals surface area (Å²) in [5, 5.41) is 0. The zero-order valence-corrected chi connectivity index (χ0v) is 13.0. The van der Waals surface area contributed by atoms with Crippen molar-refractivity contribution in [3.05, 3.63) is 28.2 Å². The lowest BCUT2D eigenvalue weighted by molar-refractivity contribution is 0.00678. The molecule has 0 saturated heterocycles. The molecule has 0 bridgehead atoms. The lowest BCUT2D eigenvalue weighted by atomic mass is 10.1. The van der Waals surface area contributed by atoms with E-state index in [0.29, 0.717) is 15.8 Å². The van der Waals surface area contributed by atoms with E-state index in [9.17, 15) is 4.79 Å². The Morgan fingerprint density at radius 3 is 2.39 bits per heavy atom. The average Bonchev–Trinajstić information content (AvgIpc) is 2.17. The van der Waals surface area contributed by atoms with Gasteiger partial charge in [0.15, 0.2) is 0 Å². The van der Waals surface area contributed by atoms with Crippen molar-refractivity contribution in [2.24, 2.45) is 0 Å². The smallest absolute Gasteiger partial charge is 0.339 e. The van der Waals surface area contributed by atoms with Crippen molar-refractivity contribution in [1.29, 1.82) is 0 Å². The van der Waals surface area contributed by atoms with Crippen molar-refractivity contribution in [2.75, 3.05) is 0 Å². The van der Waals surface area contributed by atoms with Crippen LogP contribution >= 0.6 is 15.9 Å². The predicted molar refractivity (Wildman–Crippen MR) is 75.1 cm³/mol. The van der Waals surface area contributed by atoms with Crippen LogP contribution in [0.1, 0.15) is 45.0 Å². The second kappa shape index (κ2) is 5.74. The third-order valence-corrected chi connectivity index (χ3v) is 2.62. The SMILES string of the molecule is CC(C)Oc1ccc(Br)c(C(=O)OC(C)(C)C)c1. The van der Waals surface area contributed by atoms with Gasteiger partial charge >= 0.3 is 5.97 Å². The summed E-state index contributed by atoms with van der Waals surface area (Å²) in [6, 6.07) is 5.30. The monoisotopic (exact) mass is 314 g/mol. The number of hydrogen-bond donors (Lipinski definition) is 0. The summed E-state index contributed by atoms with van der Waals surface area (Å²) in [4.78, 5) is 12.0. The number of hydrogen-bond acceptors (Lipinski definition) is 3. The van der Waals surface area contributed by atoms with Gasteiger partial charge in [-0.05, 0) is 68.7 Å². The van der Waals surface area contributed by atoms with Crippen molar-refractivity contribution in [1.82, 2.24) is 0 Å². The van der Waals surface area contributed by atoms with Gasteiger partial charge in [-0.15, -0.1) is 0 Å². The van der Waals surface area contributed by atoms with E-state index in [0.717, 1.165) is 0 Å². The number of carbonyl (C=O) groups excluding carboxylic acids is 1. The van der Waals surface area contributed by atoms with Crippen LogP contribution in [-0.2, 0) is 4.74 Å². The molecule has 0 fully saturated rings. The fraction of sp³-hybridized carbons (Fsp3) is 0.500. The summed E-state index contributed by atoms with van der Waals surface area (Å²) in [5.74, 6) is 0.303. The molecule has 0 N–H and O–H groups in total. The summed E-state index contributed by atoms with van der Waals surface area (Å²) in [5.41, 5.74) is -0.0334. The van der Waals surface area contributed by atoms with Gasteiger partial charge in [-0.3, -0.25) is 0 Å². The van der Waals surface area contributed by atoms with Crippen LogP contribution in [0.5, 0.6) is 5.75 Å². The quantitative estimate of drug-likeness (QED) is 0.785. The Bertz CT molecular complexity index is 433. The van der Waals surface area contributed by atoms with Crippen LogP contribution < -0.4 is 4.74 Å². The lowest BCUT2D eigenvalue weighted by Crippen LogP contribution is -2.24. The third-order valence-electron chi connectivity index (χ3n) is 1.93. The molecule has 0 unspecified atom stereocenters. The maximum atomic E-state index is 12.0. The van der Waals surface area contributed by atoms with Crippen LogP contribution in [0.15, 0.2) is 22.7 Å². The number of esters is 1. The zero-order chi connectivity index (χ0) is 13.9. The molecule has 0 saturated carbocycles. The molecule has 0 radical (unpaired) electrons. The van der Waals surface area contributed by atoms with Gasteiger partial charge in [0.2, 0.25) is 0 Å². The normalized spacial score (nSPS) is 11.5. The van der Waals surface area contributed by atoms with E-state index in [4.69, 9.17) is 9.47 Å². The van der Waals surface area contributed by atoms with E-state index in [-0.39, 0.29) is 12.1 Å². The predicted octanol–water partition coefficient (Wildman–Crippen LogP) is 4.19. The van der Waals surface area contributed by atoms with Crippen LogP contribution in [0.4, 0.5) is 0 Å². The molecule has 1 aromatic carbocycles. The van der Waals surface area contributed by atoms with Crippen molar-refractivity contribution in [3.63, 3.8) is 0 Å². The van der Waals surface area contributed by atoms with Gasteiger partial charge in [-0.25, -0.2) is 4.79 Å². The van der Waals surface area contributed by atoms with E-state index >= 15 is 0 Å². The Kier molecular flexibility index (Phi) is 4.79. The molecule has 0 aromatic heterocycles. The highest BCUT2D eigenvalue weighted by atomic mass is 79.9. The second-order valence-corrected chi connectivity index (χ2v) is 6.16. The summed E-state index contributed by atoms with van der Waals surface area (Å²) in [6.45, 7) is 9.40. The van der Waals surface area contributed by atoms with Gasteiger partial charge in [0.1, 0.15) is 11.4 Å². The molecule has 0 aliphatic heterocycles. The Labute approximate surface area is 117 Å². The molecule has 4 heteroatoms. The summed E-state index contributed by atoms with van der Waals surface area (Å²) < 4.78 is 11.6. The number of halogens is 1. The van der Waals surface area contributed by atoms with E-state index in [1.165, 1.54) is 0 Å².